The van der Waals surface area contributed by atoms with E-state index in [1.165, 1.54) is 0 Å². The first-order valence-electron chi connectivity index (χ1n) is 12.4. The number of aliphatic hydroxyl groups excluding tert-OH is 1. The molecule has 0 saturated carbocycles. The van der Waals surface area contributed by atoms with Gasteiger partial charge in [-0.3, -0.25) is 14.4 Å². The van der Waals surface area contributed by atoms with E-state index in [0.717, 1.165) is 17.2 Å². The van der Waals surface area contributed by atoms with E-state index in [2.05, 4.69) is 17.6 Å². The highest BCUT2D eigenvalue weighted by Gasteiger charge is 2.76. The molecule has 0 aliphatic carbocycles. The minimum atomic E-state index is -0.773. The first-order valence-corrected chi connectivity index (χ1v) is 13.2. The third-order valence-electron chi connectivity index (χ3n) is 8.31. The van der Waals surface area contributed by atoms with Gasteiger partial charge in [-0.15, -0.1) is 11.8 Å². The number of hydrogen-bond donors (Lipinski definition) is 3. The lowest BCUT2D eigenvalue weighted by Crippen LogP contribution is -2.57. The Labute approximate surface area is 210 Å². The van der Waals surface area contributed by atoms with Crippen molar-refractivity contribution in [3.63, 3.8) is 0 Å². The van der Waals surface area contributed by atoms with Gasteiger partial charge in [0.25, 0.3) is 0 Å². The smallest absolute Gasteiger partial charge is 0.248 e. The van der Waals surface area contributed by atoms with Crippen molar-refractivity contribution in [3.8, 4) is 0 Å². The van der Waals surface area contributed by atoms with Gasteiger partial charge in [0.15, 0.2) is 0 Å². The summed E-state index contributed by atoms with van der Waals surface area (Å²) in [4.78, 5) is 42.6. The van der Waals surface area contributed by atoms with Crippen LogP contribution in [0.2, 0.25) is 0 Å². The Morgan fingerprint density at radius 3 is 2.54 bits per heavy atom. The van der Waals surface area contributed by atoms with Crippen LogP contribution in [0.15, 0.2) is 42.5 Å². The Morgan fingerprint density at radius 1 is 1.17 bits per heavy atom. The number of anilines is 1. The van der Waals surface area contributed by atoms with Gasteiger partial charge in [0.2, 0.25) is 17.7 Å². The molecule has 2 aromatic carbocycles. The predicted octanol–water partition coefficient (Wildman–Crippen LogP) is 2.88. The molecule has 186 valence electrons. The number of hydrogen-bond acceptors (Lipinski definition) is 5. The summed E-state index contributed by atoms with van der Waals surface area (Å²) in [6.45, 7) is 5.75. The van der Waals surface area contributed by atoms with Crippen molar-refractivity contribution >= 4 is 45.9 Å². The van der Waals surface area contributed by atoms with Gasteiger partial charge in [-0.2, -0.15) is 0 Å². The van der Waals surface area contributed by atoms with E-state index >= 15 is 0 Å². The Hall–Kier alpha value is -2.58. The van der Waals surface area contributed by atoms with E-state index in [0.29, 0.717) is 5.69 Å². The average molecular weight is 496 g/mol. The monoisotopic (exact) mass is 495 g/mol. The Balaban J connectivity index is 1.58. The van der Waals surface area contributed by atoms with Crippen molar-refractivity contribution in [1.82, 2.24) is 10.2 Å². The van der Waals surface area contributed by atoms with Crippen LogP contribution in [0.25, 0.3) is 10.8 Å². The number of likely N-dealkylation sites (tertiary alicyclic amines) is 1. The lowest BCUT2D eigenvalue weighted by atomic mass is 9.66. The van der Waals surface area contributed by atoms with E-state index in [9.17, 15) is 19.5 Å². The molecular formula is C27H33N3O4S. The Morgan fingerprint density at radius 2 is 1.89 bits per heavy atom. The number of rotatable bonds is 6. The molecule has 3 aliphatic rings. The molecule has 3 amide bonds. The van der Waals surface area contributed by atoms with Crippen molar-refractivity contribution in [2.75, 3.05) is 19.0 Å². The molecule has 35 heavy (non-hydrogen) atoms. The minimum Gasteiger partial charge on any atom is -0.394 e. The van der Waals surface area contributed by atoms with Crippen LogP contribution < -0.4 is 10.6 Å². The lowest BCUT2D eigenvalue weighted by Gasteiger charge is -2.40. The van der Waals surface area contributed by atoms with Gasteiger partial charge >= 0.3 is 0 Å². The van der Waals surface area contributed by atoms with Gasteiger partial charge in [0.05, 0.1) is 29.2 Å². The van der Waals surface area contributed by atoms with Crippen LogP contribution in [-0.2, 0) is 14.4 Å². The summed E-state index contributed by atoms with van der Waals surface area (Å²) < 4.78 is -0.706. The van der Waals surface area contributed by atoms with E-state index in [1.807, 2.05) is 56.3 Å². The molecule has 3 aliphatic heterocycles. The molecule has 3 saturated heterocycles. The number of nitrogens with one attached hydrogen (secondary N) is 2. The molecular weight excluding hydrogens is 462 g/mol. The molecule has 2 aromatic rings. The van der Waals surface area contributed by atoms with Crippen LogP contribution in [0.5, 0.6) is 0 Å². The minimum absolute atomic E-state index is 0.00338. The molecule has 8 heteroatoms. The van der Waals surface area contributed by atoms with Crippen LogP contribution in [0, 0.1) is 23.7 Å². The highest BCUT2D eigenvalue weighted by atomic mass is 32.2. The summed E-state index contributed by atoms with van der Waals surface area (Å²) in [6, 6.07) is 12.4. The topological polar surface area (TPSA) is 98.7 Å². The van der Waals surface area contributed by atoms with Gasteiger partial charge in [-0.05, 0) is 41.2 Å². The van der Waals surface area contributed by atoms with Crippen molar-refractivity contribution in [3.05, 3.63) is 42.5 Å². The van der Waals surface area contributed by atoms with E-state index in [1.54, 1.807) is 23.7 Å². The zero-order chi connectivity index (χ0) is 25.1. The third-order valence-corrected chi connectivity index (χ3v) is 10.4. The number of amides is 3. The molecule has 3 fully saturated rings. The standard InChI is InChI=1S/C27H33N3O4S/c1-14(2)19(13-31)30-23(25(33)29-18-10-9-16-7-5-6-8-17(16)12-18)27-15(3)11-20(35-27)21(24(32)28-4)22(27)26(30)34/h5-10,12,14-15,19-23,31H,11,13H2,1-4H3,(H,28,32)(H,29,33)/t15?,19-,20+,21-,22-,23?,27?/m0/s1. The lowest BCUT2D eigenvalue weighted by molar-refractivity contribution is -0.142. The summed E-state index contributed by atoms with van der Waals surface area (Å²) in [5.41, 5.74) is 0.666. The first-order chi connectivity index (χ1) is 16.7. The van der Waals surface area contributed by atoms with E-state index in [-0.39, 0.29) is 41.4 Å². The number of carbonyl (C=O) groups is 3. The molecule has 7 atom stereocenters. The normalized spacial score (nSPS) is 32.2. The van der Waals surface area contributed by atoms with Crippen LogP contribution in [-0.4, -0.2) is 63.5 Å². The van der Waals surface area contributed by atoms with Crippen molar-refractivity contribution < 1.29 is 19.5 Å². The summed E-state index contributed by atoms with van der Waals surface area (Å²) in [7, 11) is 1.60. The van der Waals surface area contributed by atoms with Gasteiger partial charge < -0.3 is 20.6 Å². The fourth-order valence-corrected chi connectivity index (χ4v) is 9.09. The highest BCUT2D eigenvalue weighted by molar-refractivity contribution is 8.02. The maximum Gasteiger partial charge on any atom is 0.248 e. The average Bonchev–Trinajstić information content (AvgIpc) is 3.43. The van der Waals surface area contributed by atoms with Crippen molar-refractivity contribution in [2.45, 2.75) is 49.3 Å². The Kier molecular flexibility index (Phi) is 6.08. The number of fused-ring (bicyclic) bond motifs is 2. The SMILES string of the molecule is CNC(=O)[C@@H]1[C@H]2C(=O)N([C@@H](CO)C(C)C)C(C(=O)Nc3ccc4ccccc4c3)C23S[C@@H]1CC3C. The largest absolute Gasteiger partial charge is 0.394 e. The van der Waals surface area contributed by atoms with Gasteiger partial charge in [-0.25, -0.2) is 0 Å². The fourth-order valence-electron chi connectivity index (χ4n) is 6.68. The molecule has 2 bridgehead atoms. The number of thioether (sulfide) groups is 1. The summed E-state index contributed by atoms with van der Waals surface area (Å²) >= 11 is 1.64. The number of carbonyl (C=O) groups excluding carboxylic acids is 3. The Bertz CT molecular complexity index is 1190. The van der Waals surface area contributed by atoms with Crippen molar-refractivity contribution in [1.29, 1.82) is 0 Å². The third kappa shape index (κ3) is 3.48. The molecule has 0 aromatic heterocycles. The number of aliphatic hydroxyl groups is 1. The zero-order valence-electron chi connectivity index (χ0n) is 20.5. The van der Waals surface area contributed by atoms with Gasteiger partial charge in [0, 0.05) is 18.0 Å². The second kappa shape index (κ2) is 8.82. The second-order valence-electron chi connectivity index (χ2n) is 10.5. The van der Waals surface area contributed by atoms with Crippen LogP contribution in [0.1, 0.15) is 27.2 Å². The molecule has 1 spiro atoms. The molecule has 5 rings (SSSR count). The molecule has 3 unspecified atom stereocenters. The summed E-state index contributed by atoms with van der Waals surface area (Å²) in [6.07, 6.45) is 0.783. The van der Waals surface area contributed by atoms with E-state index < -0.39 is 28.7 Å². The fraction of sp³-hybridized carbons (Fsp3) is 0.519. The quantitative estimate of drug-likeness (QED) is 0.573. The molecule has 3 heterocycles. The molecule has 3 N–H and O–H groups in total. The second-order valence-corrected chi connectivity index (χ2v) is 12.0. The predicted molar refractivity (Wildman–Crippen MR) is 138 cm³/mol. The maximum absolute atomic E-state index is 14.1. The zero-order valence-corrected chi connectivity index (χ0v) is 21.3. The summed E-state index contributed by atoms with van der Waals surface area (Å²) in [5, 5.41) is 18.2. The molecule has 0 radical (unpaired) electrons. The maximum atomic E-state index is 14.1. The van der Waals surface area contributed by atoms with Crippen LogP contribution in [0.4, 0.5) is 5.69 Å². The van der Waals surface area contributed by atoms with Crippen LogP contribution >= 0.6 is 11.8 Å². The first kappa shape index (κ1) is 24.1. The number of nitrogens with zero attached hydrogens (tertiary/aromatic N) is 1. The van der Waals surface area contributed by atoms with Crippen molar-refractivity contribution in [2.24, 2.45) is 23.7 Å². The van der Waals surface area contributed by atoms with Gasteiger partial charge in [-0.1, -0.05) is 51.1 Å². The number of benzene rings is 2. The highest BCUT2D eigenvalue weighted by Crippen LogP contribution is 2.68. The van der Waals surface area contributed by atoms with Gasteiger partial charge in [0.1, 0.15) is 6.04 Å². The summed E-state index contributed by atoms with van der Waals surface area (Å²) in [5.74, 6) is -1.61. The molecule has 7 nitrogen and oxygen atoms in total. The van der Waals surface area contributed by atoms with Crippen LogP contribution in [0.3, 0.4) is 0 Å². The van der Waals surface area contributed by atoms with E-state index in [4.69, 9.17) is 0 Å².